The number of amides is 1. The van der Waals surface area contributed by atoms with Gasteiger partial charge in [0, 0.05) is 11.1 Å². The van der Waals surface area contributed by atoms with Crippen LogP contribution in [0.1, 0.15) is 45.8 Å². The Hall–Kier alpha value is -2.21. The average Bonchev–Trinajstić information content (AvgIpc) is 3.12. The molecule has 4 rings (SSSR count). The van der Waals surface area contributed by atoms with E-state index in [-0.39, 0.29) is 5.91 Å². The molecule has 118 valence electrons. The second-order valence-electron chi connectivity index (χ2n) is 5.88. The molecule has 3 heterocycles. The number of aromatic nitrogens is 3. The van der Waals surface area contributed by atoms with Gasteiger partial charge in [-0.2, -0.15) is 0 Å². The maximum Gasteiger partial charge on any atom is 0.268 e. The summed E-state index contributed by atoms with van der Waals surface area (Å²) < 4.78 is 1.78. The van der Waals surface area contributed by atoms with Crippen molar-refractivity contribution in [1.29, 1.82) is 0 Å². The van der Waals surface area contributed by atoms with Crippen molar-refractivity contribution < 1.29 is 4.79 Å². The summed E-state index contributed by atoms with van der Waals surface area (Å²) in [5, 5.41) is 11.0. The van der Waals surface area contributed by atoms with E-state index in [0.717, 1.165) is 23.4 Å². The number of pyridine rings is 1. The standard InChI is InChI=1S/C17H18N4OS/c22-16(18-17-20-19-15-9-5-6-10-21(15)17)14-11-12-7-3-1-2-4-8-13(12)23-14/h5-6,9-11H,1-4,7-8H2,(H,18,20,22). The first-order valence-corrected chi connectivity index (χ1v) is 8.85. The van der Waals surface area contributed by atoms with E-state index in [4.69, 9.17) is 0 Å². The molecule has 0 unspecified atom stereocenters. The minimum absolute atomic E-state index is 0.0973. The van der Waals surface area contributed by atoms with E-state index in [2.05, 4.69) is 21.6 Å². The normalized spacial score (nSPS) is 15.0. The molecule has 0 spiro atoms. The summed E-state index contributed by atoms with van der Waals surface area (Å²) >= 11 is 1.62. The monoisotopic (exact) mass is 326 g/mol. The molecule has 1 aliphatic carbocycles. The Morgan fingerprint density at radius 2 is 2.00 bits per heavy atom. The molecule has 0 fully saturated rings. The van der Waals surface area contributed by atoms with Crippen LogP contribution in [0.2, 0.25) is 0 Å². The quantitative estimate of drug-likeness (QED) is 0.781. The van der Waals surface area contributed by atoms with Gasteiger partial charge in [0.1, 0.15) is 0 Å². The van der Waals surface area contributed by atoms with Crippen molar-refractivity contribution in [2.24, 2.45) is 0 Å². The lowest BCUT2D eigenvalue weighted by Gasteiger charge is -2.07. The first kappa shape index (κ1) is 14.4. The van der Waals surface area contributed by atoms with Gasteiger partial charge in [0.25, 0.3) is 5.91 Å². The highest BCUT2D eigenvalue weighted by atomic mass is 32.1. The van der Waals surface area contributed by atoms with Crippen molar-refractivity contribution in [3.8, 4) is 0 Å². The van der Waals surface area contributed by atoms with Crippen molar-refractivity contribution in [2.75, 3.05) is 5.32 Å². The van der Waals surface area contributed by atoms with Crippen LogP contribution in [0, 0.1) is 0 Å². The fourth-order valence-electron chi connectivity index (χ4n) is 3.05. The number of rotatable bonds is 2. The Morgan fingerprint density at radius 1 is 1.13 bits per heavy atom. The Balaban J connectivity index is 1.58. The summed E-state index contributed by atoms with van der Waals surface area (Å²) in [6.07, 6.45) is 9.07. The van der Waals surface area contributed by atoms with Gasteiger partial charge in [-0.1, -0.05) is 18.9 Å². The Labute approximate surface area is 138 Å². The van der Waals surface area contributed by atoms with Crippen LogP contribution in [0.25, 0.3) is 5.65 Å². The third kappa shape index (κ3) is 2.86. The van der Waals surface area contributed by atoms with Gasteiger partial charge in [-0.05, 0) is 49.4 Å². The molecule has 0 atom stereocenters. The molecule has 3 aromatic rings. The summed E-state index contributed by atoms with van der Waals surface area (Å²) in [5.74, 6) is 0.367. The minimum Gasteiger partial charge on any atom is -0.289 e. The van der Waals surface area contributed by atoms with E-state index in [1.54, 1.807) is 15.7 Å². The minimum atomic E-state index is -0.0973. The molecule has 0 saturated heterocycles. The van der Waals surface area contributed by atoms with E-state index in [9.17, 15) is 4.79 Å². The van der Waals surface area contributed by atoms with E-state index >= 15 is 0 Å². The smallest absolute Gasteiger partial charge is 0.268 e. The zero-order chi connectivity index (χ0) is 15.6. The van der Waals surface area contributed by atoms with Gasteiger partial charge in [0.2, 0.25) is 5.95 Å². The van der Waals surface area contributed by atoms with Gasteiger partial charge in [-0.25, -0.2) is 0 Å². The topological polar surface area (TPSA) is 59.3 Å². The number of carbonyl (C=O) groups excluding carboxylic acids is 1. The Kier molecular flexibility index (Phi) is 3.83. The van der Waals surface area contributed by atoms with Crippen LogP contribution in [0.5, 0.6) is 0 Å². The van der Waals surface area contributed by atoms with Crippen LogP contribution < -0.4 is 5.32 Å². The zero-order valence-corrected chi connectivity index (χ0v) is 13.6. The molecule has 3 aromatic heterocycles. The predicted octanol–water partition coefficient (Wildman–Crippen LogP) is 3.70. The summed E-state index contributed by atoms with van der Waals surface area (Å²) in [6, 6.07) is 7.71. The molecule has 0 aliphatic heterocycles. The average molecular weight is 326 g/mol. The molecule has 1 aliphatic rings. The third-order valence-electron chi connectivity index (χ3n) is 4.26. The van der Waals surface area contributed by atoms with Crippen LogP contribution in [0.4, 0.5) is 5.95 Å². The fourth-order valence-corrected chi connectivity index (χ4v) is 4.19. The lowest BCUT2D eigenvalue weighted by molar-refractivity contribution is 0.102. The maximum absolute atomic E-state index is 12.6. The number of anilines is 1. The van der Waals surface area contributed by atoms with E-state index in [1.165, 1.54) is 36.1 Å². The van der Waals surface area contributed by atoms with Crippen LogP contribution >= 0.6 is 11.3 Å². The lowest BCUT2D eigenvalue weighted by Crippen LogP contribution is -2.12. The second-order valence-corrected chi connectivity index (χ2v) is 7.02. The van der Waals surface area contributed by atoms with E-state index in [1.807, 2.05) is 24.4 Å². The van der Waals surface area contributed by atoms with Crippen molar-refractivity contribution in [3.05, 3.63) is 45.8 Å². The number of thiophene rings is 1. The summed E-state index contributed by atoms with van der Waals surface area (Å²) in [7, 11) is 0. The highest BCUT2D eigenvalue weighted by molar-refractivity contribution is 7.14. The Morgan fingerprint density at radius 3 is 2.91 bits per heavy atom. The second kappa shape index (κ2) is 6.12. The van der Waals surface area contributed by atoms with Crippen LogP contribution in [0.15, 0.2) is 30.5 Å². The van der Waals surface area contributed by atoms with Crippen LogP contribution in [-0.2, 0) is 12.8 Å². The predicted molar refractivity (Wildman–Crippen MR) is 91.1 cm³/mol. The molecule has 6 heteroatoms. The van der Waals surface area contributed by atoms with Gasteiger partial charge in [0.15, 0.2) is 5.65 Å². The number of nitrogens with zero attached hydrogens (tertiary/aromatic N) is 3. The Bertz CT molecular complexity index is 826. The molecule has 5 nitrogen and oxygen atoms in total. The lowest BCUT2D eigenvalue weighted by atomic mass is 10.00. The molecule has 0 bridgehead atoms. The van der Waals surface area contributed by atoms with Crippen molar-refractivity contribution in [3.63, 3.8) is 0 Å². The summed E-state index contributed by atoms with van der Waals surface area (Å²) in [5.41, 5.74) is 2.08. The van der Waals surface area contributed by atoms with Crippen LogP contribution in [-0.4, -0.2) is 20.5 Å². The van der Waals surface area contributed by atoms with Gasteiger partial charge in [0.05, 0.1) is 4.88 Å². The maximum atomic E-state index is 12.6. The number of aryl methyl sites for hydroxylation is 2. The van der Waals surface area contributed by atoms with Crippen molar-refractivity contribution in [1.82, 2.24) is 14.6 Å². The van der Waals surface area contributed by atoms with Crippen LogP contribution in [0.3, 0.4) is 0 Å². The molecule has 23 heavy (non-hydrogen) atoms. The summed E-state index contributed by atoms with van der Waals surface area (Å²) in [4.78, 5) is 14.7. The van der Waals surface area contributed by atoms with Gasteiger partial charge < -0.3 is 0 Å². The third-order valence-corrected chi connectivity index (χ3v) is 5.50. The van der Waals surface area contributed by atoms with Crippen molar-refractivity contribution in [2.45, 2.75) is 38.5 Å². The first-order valence-electron chi connectivity index (χ1n) is 8.04. The SMILES string of the molecule is O=C(Nc1nnc2ccccn12)c1cc2c(s1)CCCCCC2. The van der Waals surface area contributed by atoms with E-state index < -0.39 is 0 Å². The van der Waals surface area contributed by atoms with Crippen molar-refractivity contribution >= 4 is 28.8 Å². The molecule has 0 aromatic carbocycles. The fraction of sp³-hybridized carbons (Fsp3) is 0.353. The number of fused-ring (bicyclic) bond motifs is 2. The zero-order valence-electron chi connectivity index (χ0n) is 12.8. The number of hydrogen-bond donors (Lipinski definition) is 1. The number of carbonyl (C=O) groups is 1. The van der Waals surface area contributed by atoms with Gasteiger partial charge >= 0.3 is 0 Å². The largest absolute Gasteiger partial charge is 0.289 e. The molecule has 0 radical (unpaired) electrons. The van der Waals surface area contributed by atoms with Gasteiger partial charge in [-0.3, -0.25) is 14.5 Å². The molecule has 1 N–H and O–H groups in total. The van der Waals surface area contributed by atoms with Gasteiger partial charge in [-0.15, -0.1) is 21.5 Å². The molecular formula is C17H18N4OS. The number of nitrogens with one attached hydrogen (secondary N) is 1. The summed E-state index contributed by atoms with van der Waals surface area (Å²) in [6.45, 7) is 0. The highest BCUT2D eigenvalue weighted by Gasteiger charge is 2.17. The molecular weight excluding hydrogens is 308 g/mol. The first-order chi connectivity index (χ1) is 11.3. The van der Waals surface area contributed by atoms with E-state index in [0.29, 0.717) is 5.95 Å². The molecule has 1 amide bonds. The highest BCUT2D eigenvalue weighted by Crippen LogP contribution is 2.29. The molecule has 0 saturated carbocycles. The number of hydrogen-bond acceptors (Lipinski definition) is 4.